The van der Waals surface area contributed by atoms with E-state index in [1.165, 1.54) is 39.0 Å². The highest BCUT2D eigenvalue weighted by Crippen LogP contribution is 2.50. The summed E-state index contributed by atoms with van der Waals surface area (Å²) in [5, 5.41) is 0. The molecule has 2 rings (SSSR count). The van der Waals surface area contributed by atoms with Crippen molar-refractivity contribution < 1.29 is 8.97 Å². The fraction of sp³-hybridized carbons (Fsp3) is 1.00. The summed E-state index contributed by atoms with van der Waals surface area (Å²) in [6.45, 7) is 14.4. The van der Waals surface area contributed by atoms with E-state index in [1.807, 2.05) is 0 Å². The van der Waals surface area contributed by atoms with Crippen molar-refractivity contribution in [2.75, 3.05) is 54.4 Å². The zero-order valence-electron chi connectivity index (χ0n) is 15.7. The Balaban J connectivity index is 2.64. The zero-order valence-corrected chi connectivity index (χ0v) is 15.7. The van der Waals surface area contributed by atoms with Crippen molar-refractivity contribution >= 4 is 0 Å². The second-order valence-electron chi connectivity index (χ2n) is 7.69. The summed E-state index contributed by atoms with van der Waals surface area (Å²) in [5.41, 5.74) is 0. The van der Waals surface area contributed by atoms with Gasteiger partial charge in [0.05, 0.1) is 39.8 Å². The third kappa shape index (κ3) is 1.82. The number of likely N-dealkylation sites (N-methyl/N-ethyl adjacent to an activating group) is 4. The van der Waals surface area contributed by atoms with E-state index in [9.17, 15) is 0 Å². The predicted molar refractivity (Wildman–Crippen MR) is 89.6 cm³/mol. The van der Waals surface area contributed by atoms with Gasteiger partial charge in [0, 0.05) is 14.1 Å². The molecule has 2 fully saturated rings. The van der Waals surface area contributed by atoms with Crippen LogP contribution in [0.15, 0.2) is 0 Å². The summed E-state index contributed by atoms with van der Waals surface area (Å²) >= 11 is 0. The number of nitrogens with zero attached hydrogens (tertiary/aromatic N) is 4. The van der Waals surface area contributed by atoms with Crippen LogP contribution in [-0.4, -0.2) is 91.1 Å². The molecule has 0 aromatic carbocycles. The molecule has 0 radical (unpaired) electrons. The minimum Gasteiger partial charge on any atom is -0.244 e. The Bertz CT molecular complexity index is 387. The quantitative estimate of drug-likeness (QED) is 0.732. The second kappa shape index (κ2) is 5.48. The van der Waals surface area contributed by atoms with E-state index in [4.69, 9.17) is 0 Å². The van der Waals surface area contributed by atoms with Crippen molar-refractivity contribution in [3.8, 4) is 0 Å². The molecule has 5 atom stereocenters. The molecule has 0 amide bonds. The normalized spacial score (nSPS) is 48.6. The van der Waals surface area contributed by atoms with Gasteiger partial charge in [-0.15, -0.1) is 0 Å². The molecule has 0 aromatic heterocycles. The monoisotopic (exact) mass is 298 g/mol. The number of hydrogen-bond acceptors (Lipinski definition) is 2. The summed E-state index contributed by atoms with van der Waals surface area (Å²) in [6.07, 6.45) is 2.52. The highest BCUT2D eigenvalue weighted by atomic mass is 15.8. The van der Waals surface area contributed by atoms with Gasteiger partial charge >= 0.3 is 5.91 Å². The molecule has 1 spiro atoms. The highest BCUT2D eigenvalue weighted by Gasteiger charge is 2.76. The van der Waals surface area contributed by atoms with Gasteiger partial charge in [-0.25, -0.2) is 8.97 Å². The van der Waals surface area contributed by atoms with Gasteiger partial charge in [0.1, 0.15) is 12.6 Å². The molecule has 4 heteroatoms. The van der Waals surface area contributed by atoms with Crippen LogP contribution in [0.4, 0.5) is 0 Å². The van der Waals surface area contributed by atoms with Crippen LogP contribution in [-0.2, 0) is 0 Å². The lowest BCUT2D eigenvalue weighted by Gasteiger charge is -2.55. The number of rotatable bonds is 4. The first-order valence-corrected chi connectivity index (χ1v) is 8.93. The summed E-state index contributed by atoms with van der Waals surface area (Å²) in [5.74, 6) is 0.102. The van der Waals surface area contributed by atoms with Crippen LogP contribution in [0.25, 0.3) is 0 Å². The number of hydrogen-bond donors (Lipinski definition) is 0. The lowest BCUT2D eigenvalue weighted by atomic mass is 10.1. The van der Waals surface area contributed by atoms with Crippen molar-refractivity contribution in [1.82, 2.24) is 9.80 Å². The van der Waals surface area contributed by atoms with Crippen molar-refractivity contribution in [2.45, 2.75) is 58.5 Å². The fourth-order valence-corrected chi connectivity index (χ4v) is 5.93. The molecule has 0 bridgehead atoms. The summed E-state index contributed by atoms with van der Waals surface area (Å²) in [7, 11) is 9.75. The Morgan fingerprint density at radius 3 is 2.05 bits per heavy atom. The van der Waals surface area contributed by atoms with Crippen LogP contribution >= 0.6 is 0 Å². The minimum atomic E-state index is 0.102. The van der Waals surface area contributed by atoms with Gasteiger partial charge in [-0.2, -0.15) is 9.80 Å². The van der Waals surface area contributed by atoms with Gasteiger partial charge in [0.15, 0.2) is 0 Å². The molecule has 0 N–H and O–H groups in total. The molecule has 4 nitrogen and oxygen atoms in total. The molecule has 3 unspecified atom stereocenters. The lowest BCUT2D eigenvalue weighted by Crippen LogP contribution is -2.81. The molecular formula is C17H38N4+2. The third-order valence-corrected chi connectivity index (χ3v) is 7.14. The van der Waals surface area contributed by atoms with Gasteiger partial charge < -0.3 is 0 Å². The third-order valence-electron chi connectivity index (χ3n) is 7.14. The highest BCUT2D eigenvalue weighted by molar-refractivity contribution is 4.91. The smallest absolute Gasteiger partial charge is 0.244 e. The first kappa shape index (κ1) is 17.2. The minimum absolute atomic E-state index is 0.102. The van der Waals surface area contributed by atoms with Crippen molar-refractivity contribution in [1.29, 1.82) is 0 Å². The fourth-order valence-electron chi connectivity index (χ4n) is 5.93. The summed E-state index contributed by atoms with van der Waals surface area (Å²) in [4.78, 5) is 5.42. The second-order valence-corrected chi connectivity index (χ2v) is 7.69. The molecule has 124 valence electrons. The average Bonchev–Trinajstić information content (AvgIpc) is 2.86. The molecular weight excluding hydrogens is 260 g/mol. The predicted octanol–water partition coefficient (Wildman–Crippen LogP) is 1.98. The van der Waals surface area contributed by atoms with Crippen LogP contribution in [0.2, 0.25) is 0 Å². The zero-order chi connectivity index (χ0) is 16.1. The molecule has 0 aliphatic carbocycles. The average molecular weight is 299 g/mol. The molecule has 2 saturated heterocycles. The first-order valence-electron chi connectivity index (χ1n) is 8.93. The van der Waals surface area contributed by atoms with E-state index in [2.05, 4.69) is 65.7 Å². The van der Waals surface area contributed by atoms with E-state index < -0.39 is 0 Å². The molecule has 0 aromatic rings. The van der Waals surface area contributed by atoms with Crippen LogP contribution < -0.4 is 0 Å². The van der Waals surface area contributed by atoms with Crippen LogP contribution in [0.5, 0.6) is 0 Å². The van der Waals surface area contributed by atoms with E-state index in [1.54, 1.807) is 0 Å². The van der Waals surface area contributed by atoms with Gasteiger partial charge in [-0.3, -0.25) is 0 Å². The molecule has 2 aliphatic rings. The Labute approximate surface area is 132 Å². The summed E-state index contributed by atoms with van der Waals surface area (Å²) < 4.78 is 2.32. The first-order chi connectivity index (χ1) is 9.78. The Hall–Kier alpha value is -0.160. The van der Waals surface area contributed by atoms with Crippen molar-refractivity contribution in [2.24, 2.45) is 0 Å². The Morgan fingerprint density at radius 1 is 1.00 bits per heavy atom. The van der Waals surface area contributed by atoms with Crippen molar-refractivity contribution in [3.63, 3.8) is 0 Å². The van der Waals surface area contributed by atoms with Gasteiger partial charge in [0.2, 0.25) is 0 Å². The van der Waals surface area contributed by atoms with E-state index >= 15 is 0 Å². The molecule has 2 heterocycles. The van der Waals surface area contributed by atoms with E-state index in [0.29, 0.717) is 6.04 Å². The topological polar surface area (TPSA) is 6.48 Å². The lowest BCUT2D eigenvalue weighted by molar-refractivity contribution is -1.17. The van der Waals surface area contributed by atoms with E-state index in [-0.39, 0.29) is 5.91 Å². The molecule has 0 saturated carbocycles. The largest absolute Gasteiger partial charge is 0.356 e. The van der Waals surface area contributed by atoms with Crippen LogP contribution in [0, 0.1) is 0 Å². The van der Waals surface area contributed by atoms with Crippen LogP contribution in [0.3, 0.4) is 0 Å². The maximum atomic E-state index is 2.73. The number of quaternary nitrogens is 2. The molecule has 2 aliphatic heterocycles. The SMILES string of the molecule is CCC1C[N@@+](C)(CC)C2(N(C)CC(CC)[N@@+]2(C)CC)N1C. The standard InChI is InChI=1S/C17H38N4/c1-9-15-14-20(7,11-3)17(19(15)6)18(5)13-16(10-2)21(17,8)12-4/h15-16H,9-14H2,1-8H3/q+2/t15?,16?,17?,20-,21-/m1/s1. The maximum Gasteiger partial charge on any atom is 0.356 e. The van der Waals surface area contributed by atoms with E-state index in [0.717, 1.165) is 15.0 Å². The maximum absolute atomic E-state index is 2.73. The van der Waals surface area contributed by atoms with Crippen molar-refractivity contribution in [3.05, 3.63) is 0 Å². The molecule has 21 heavy (non-hydrogen) atoms. The van der Waals surface area contributed by atoms with Gasteiger partial charge in [-0.1, -0.05) is 13.8 Å². The Morgan fingerprint density at radius 2 is 1.62 bits per heavy atom. The Kier molecular flexibility index (Phi) is 4.49. The van der Waals surface area contributed by atoms with Gasteiger partial charge in [0.25, 0.3) is 0 Å². The van der Waals surface area contributed by atoms with Gasteiger partial charge in [-0.05, 0) is 26.7 Å². The van der Waals surface area contributed by atoms with Crippen LogP contribution in [0.1, 0.15) is 40.5 Å². The summed E-state index contributed by atoms with van der Waals surface area (Å²) in [6, 6.07) is 1.43.